The summed E-state index contributed by atoms with van der Waals surface area (Å²) in [7, 11) is 0. The van der Waals surface area contributed by atoms with Crippen molar-refractivity contribution in [1.29, 1.82) is 0 Å². The van der Waals surface area contributed by atoms with Crippen molar-refractivity contribution in [3.8, 4) is 11.1 Å². The Morgan fingerprint density at radius 1 is 0.667 bits per heavy atom. The second kappa shape index (κ2) is 3.95. The minimum Gasteiger partial charge on any atom is -0.0616 e. The van der Waals surface area contributed by atoms with Crippen LogP contribution in [0.2, 0.25) is 0 Å². The lowest BCUT2D eigenvalue weighted by Gasteiger charge is -2.22. The minimum absolute atomic E-state index is 0.766. The van der Waals surface area contributed by atoms with E-state index < -0.39 is 6.37 Å². The van der Waals surface area contributed by atoms with E-state index in [1.807, 2.05) is 36.4 Å². The van der Waals surface area contributed by atoms with Crippen LogP contribution in [-0.4, -0.2) is 0 Å². The lowest BCUT2D eigenvalue weighted by molar-refractivity contribution is 1.21. The van der Waals surface area contributed by atoms with Crippen LogP contribution in [0.5, 0.6) is 0 Å². The fourth-order valence-electron chi connectivity index (χ4n) is 3.46. The molecule has 0 spiro atoms. The zero-order valence-electron chi connectivity index (χ0n) is 13.4. The SMILES string of the molecule is [2H]C1([2H])c2ccc3ccccc3c2-c2cccc3cccc1c23. The van der Waals surface area contributed by atoms with Crippen molar-refractivity contribution in [2.75, 3.05) is 0 Å². The topological polar surface area (TPSA) is 0 Å². The van der Waals surface area contributed by atoms with Gasteiger partial charge in [0.2, 0.25) is 0 Å². The van der Waals surface area contributed by atoms with E-state index in [2.05, 4.69) is 36.4 Å². The van der Waals surface area contributed by atoms with Crippen LogP contribution in [0, 0.1) is 0 Å². The minimum atomic E-state index is -1.48. The highest BCUT2D eigenvalue weighted by Crippen LogP contribution is 2.42. The lowest BCUT2D eigenvalue weighted by atomic mass is 9.81. The maximum absolute atomic E-state index is 8.77. The quantitative estimate of drug-likeness (QED) is 0.391. The van der Waals surface area contributed by atoms with E-state index in [-0.39, 0.29) is 0 Å². The summed E-state index contributed by atoms with van der Waals surface area (Å²) in [6, 6.07) is 24.4. The molecule has 5 rings (SSSR count). The Hall–Kier alpha value is -2.60. The molecule has 0 radical (unpaired) electrons. The largest absolute Gasteiger partial charge is 0.0616 e. The molecule has 0 nitrogen and oxygen atoms in total. The van der Waals surface area contributed by atoms with Crippen LogP contribution in [0.25, 0.3) is 32.7 Å². The third kappa shape index (κ3) is 1.45. The number of hydrogen-bond donors (Lipinski definition) is 0. The van der Waals surface area contributed by atoms with E-state index in [0.717, 1.165) is 43.8 Å². The van der Waals surface area contributed by atoms with Gasteiger partial charge in [-0.3, -0.25) is 0 Å². The Labute approximate surface area is 126 Å². The van der Waals surface area contributed by atoms with Gasteiger partial charge in [0.05, 0.1) is 0 Å². The van der Waals surface area contributed by atoms with Crippen LogP contribution in [0.1, 0.15) is 13.9 Å². The Morgan fingerprint density at radius 2 is 1.48 bits per heavy atom. The molecule has 0 aromatic heterocycles. The molecule has 0 atom stereocenters. The predicted molar refractivity (Wildman–Crippen MR) is 89.7 cm³/mol. The fourth-order valence-corrected chi connectivity index (χ4v) is 3.46. The number of fused-ring (bicyclic) bond motifs is 4. The molecular weight excluding hydrogens is 252 g/mol. The molecule has 0 saturated carbocycles. The first-order valence-electron chi connectivity index (χ1n) is 8.23. The third-order valence-corrected chi connectivity index (χ3v) is 4.37. The van der Waals surface area contributed by atoms with Crippen molar-refractivity contribution in [3.63, 3.8) is 0 Å². The van der Waals surface area contributed by atoms with Gasteiger partial charge in [-0.05, 0) is 50.2 Å². The van der Waals surface area contributed by atoms with E-state index in [4.69, 9.17) is 2.74 Å². The molecule has 0 bridgehead atoms. The molecule has 0 heteroatoms. The molecule has 4 aromatic carbocycles. The van der Waals surface area contributed by atoms with Crippen LogP contribution in [0.15, 0.2) is 72.8 Å². The molecule has 0 unspecified atom stereocenters. The Morgan fingerprint density at radius 3 is 2.43 bits per heavy atom. The average Bonchev–Trinajstić information content (AvgIpc) is 2.59. The van der Waals surface area contributed by atoms with Gasteiger partial charge in [0.1, 0.15) is 0 Å². The van der Waals surface area contributed by atoms with E-state index in [1.54, 1.807) is 0 Å². The zero-order chi connectivity index (χ0) is 15.6. The summed E-state index contributed by atoms with van der Waals surface area (Å²) >= 11 is 0. The number of rotatable bonds is 0. The Balaban J connectivity index is 2.09. The lowest BCUT2D eigenvalue weighted by Crippen LogP contribution is -2.01. The van der Waals surface area contributed by atoms with Gasteiger partial charge in [-0.25, -0.2) is 0 Å². The summed E-state index contributed by atoms with van der Waals surface area (Å²) in [6.45, 7) is 0. The second-order valence-electron chi connectivity index (χ2n) is 5.54. The van der Waals surface area contributed by atoms with Crippen molar-refractivity contribution in [1.82, 2.24) is 0 Å². The van der Waals surface area contributed by atoms with Crippen LogP contribution in [0.3, 0.4) is 0 Å². The highest BCUT2D eigenvalue weighted by Gasteiger charge is 2.19. The fraction of sp³-hybridized carbons (Fsp3) is 0.0476. The van der Waals surface area contributed by atoms with E-state index in [1.165, 1.54) is 0 Å². The summed E-state index contributed by atoms with van der Waals surface area (Å²) in [5.74, 6) is 0. The molecule has 0 fully saturated rings. The van der Waals surface area contributed by atoms with Crippen LogP contribution in [-0.2, 0) is 6.37 Å². The summed E-state index contributed by atoms with van der Waals surface area (Å²) in [6.07, 6.45) is -1.48. The van der Waals surface area contributed by atoms with Crippen molar-refractivity contribution in [2.45, 2.75) is 6.37 Å². The van der Waals surface area contributed by atoms with Gasteiger partial charge in [0, 0.05) is 2.74 Å². The number of benzene rings is 4. The summed E-state index contributed by atoms with van der Waals surface area (Å²) in [5, 5.41) is 4.42. The molecule has 21 heavy (non-hydrogen) atoms. The van der Waals surface area contributed by atoms with E-state index in [9.17, 15) is 0 Å². The van der Waals surface area contributed by atoms with Gasteiger partial charge >= 0.3 is 0 Å². The van der Waals surface area contributed by atoms with Gasteiger partial charge in [0.15, 0.2) is 0 Å². The molecule has 0 saturated heterocycles. The molecule has 0 amide bonds. The molecular formula is C21H14. The molecule has 0 N–H and O–H groups in total. The van der Waals surface area contributed by atoms with Crippen molar-refractivity contribution in [3.05, 3.63) is 83.9 Å². The van der Waals surface area contributed by atoms with Crippen LogP contribution >= 0.6 is 0 Å². The maximum Gasteiger partial charge on any atom is 0.0366 e. The molecule has 98 valence electrons. The van der Waals surface area contributed by atoms with Crippen molar-refractivity contribution in [2.24, 2.45) is 0 Å². The molecule has 1 aliphatic rings. The summed E-state index contributed by atoms with van der Waals surface area (Å²) in [5.41, 5.74) is 3.72. The standard InChI is InChI=1S/C21H14/c1-2-9-18-14(5-1)11-12-17-13-16-8-3-6-15-7-4-10-19(20(15)16)21(17)18/h1-12H,13H2/i13D2. The first-order chi connectivity index (χ1) is 11.2. The number of hydrogen-bond acceptors (Lipinski definition) is 0. The van der Waals surface area contributed by atoms with E-state index in [0.29, 0.717) is 0 Å². The average molecular weight is 268 g/mol. The first-order valence-corrected chi connectivity index (χ1v) is 7.23. The molecule has 0 heterocycles. The highest BCUT2D eigenvalue weighted by atomic mass is 14.2. The smallest absolute Gasteiger partial charge is 0.0366 e. The predicted octanol–water partition coefficient (Wildman–Crippen LogP) is 5.56. The zero-order valence-corrected chi connectivity index (χ0v) is 11.4. The molecule has 4 aromatic rings. The summed E-state index contributed by atoms with van der Waals surface area (Å²) < 4.78 is 17.5. The van der Waals surface area contributed by atoms with Gasteiger partial charge in [0.25, 0.3) is 0 Å². The van der Waals surface area contributed by atoms with E-state index >= 15 is 0 Å². The van der Waals surface area contributed by atoms with Gasteiger partial charge < -0.3 is 0 Å². The first kappa shape index (κ1) is 9.36. The Kier molecular flexibility index (Phi) is 1.76. The second-order valence-corrected chi connectivity index (χ2v) is 5.54. The highest BCUT2D eigenvalue weighted by molar-refractivity contribution is 6.09. The monoisotopic (exact) mass is 268 g/mol. The van der Waals surface area contributed by atoms with Crippen LogP contribution in [0.4, 0.5) is 0 Å². The normalized spacial score (nSPS) is 16.4. The van der Waals surface area contributed by atoms with Crippen LogP contribution < -0.4 is 0 Å². The maximum atomic E-state index is 8.77. The Bertz CT molecular complexity index is 1090. The molecule has 1 aliphatic carbocycles. The van der Waals surface area contributed by atoms with Crippen molar-refractivity contribution >= 4 is 21.5 Å². The molecule has 0 aliphatic heterocycles. The third-order valence-electron chi connectivity index (χ3n) is 4.37. The van der Waals surface area contributed by atoms with Gasteiger partial charge in [-0.15, -0.1) is 0 Å². The van der Waals surface area contributed by atoms with Gasteiger partial charge in [-0.1, -0.05) is 72.8 Å². The summed E-state index contributed by atoms with van der Waals surface area (Å²) in [4.78, 5) is 0. The van der Waals surface area contributed by atoms with Gasteiger partial charge in [-0.2, -0.15) is 0 Å². The van der Waals surface area contributed by atoms with Crippen molar-refractivity contribution < 1.29 is 2.74 Å².